The zero-order valence-corrected chi connectivity index (χ0v) is 11.7. The number of rotatable bonds is 5. The lowest BCUT2D eigenvalue weighted by molar-refractivity contribution is 0.468. The van der Waals surface area contributed by atoms with Crippen molar-refractivity contribution in [3.8, 4) is 0 Å². The van der Waals surface area contributed by atoms with Crippen LogP contribution in [-0.2, 0) is 15.8 Å². The smallest absolute Gasteiger partial charge is 0.215 e. The summed E-state index contributed by atoms with van der Waals surface area (Å²) in [7, 11) is -3.28. The number of nitrogens with one attached hydrogen (secondary N) is 1. The fraction of sp³-hybridized carbons (Fsp3) is 0.429. The highest BCUT2D eigenvalue weighted by Crippen LogP contribution is 2.17. The molecule has 1 aromatic carbocycles. The number of benzene rings is 1. The van der Waals surface area contributed by atoms with Crippen LogP contribution in [0.15, 0.2) is 36.4 Å². The highest BCUT2D eigenvalue weighted by molar-refractivity contribution is 7.88. The summed E-state index contributed by atoms with van der Waals surface area (Å²) in [5.41, 5.74) is 6.95. The minimum atomic E-state index is -3.28. The normalized spacial score (nSPS) is 19.5. The Bertz CT molecular complexity index is 552. The monoisotopic (exact) mass is 280 g/mol. The maximum atomic E-state index is 12.0. The van der Waals surface area contributed by atoms with Gasteiger partial charge in [-0.15, -0.1) is 0 Å². The molecule has 1 aliphatic carbocycles. The van der Waals surface area contributed by atoms with Crippen molar-refractivity contribution in [2.75, 3.05) is 12.3 Å². The summed E-state index contributed by atoms with van der Waals surface area (Å²) >= 11 is 0. The average Bonchev–Trinajstić information content (AvgIpc) is 2.37. The minimum Gasteiger partial charge on any atom is -0.399 e. The van der Waals surface area contributed by atoms with Gasteiger partial charge < -0.3 is 5.73 Å². The third kappa shape index (κ3) is 4.69. The number of nitrogen functional groups attached to an aromatic ring is 1. The van der Waals surface area contributed by atoms with Crippen LogP contribution in [0.3, 0.4) is 0 Å². The van der Waals surface area contributed by atoms with Crippen LogP contribution in [0.4, 0.5) is 5.69 Å². The van der Waals surface area contributed by atoms with E-state index in [1.54, 1.807) is 24.3 Å². The summed E-state index contributed by atoms with van der Waals surface area (Å²) in [4.78, 5) is 0. The fourth-order valence-corrected chi connectivity index (χ4v) is 3.45. The van der Waals surface area contributed by atoms with Crippen LogP contribution in [0.5, 0.6) is 0 Å². The molecule has 5 heteroatoms. The van der Waals surface area contributed by atoms with Crippen molar-refractivity contribution >= 4 is 15.7 Å². The van der Waals surface area contributed by atoms with E-state index in [1.165, 1.54) is 0 Å². The summed E-state index contributed by atoms with van der Waals surface area (Å²) in [6.45, 7) is 0.523. The number of hydrogen-bond acceptors (Lipinski definition) is 3. The summed E-state index contributed by atoms with van der Waals surface area (Å²) in [6.07, 6.45) is 7.33. The SMILES string of the molecule is Nc1cccc(CS(=O)(=O)NCC2CC=CCC2)c1. The molecule has 0 aliphatic heterocycles. The molecular weight excluding hydrogens is 260 g/mol. The molecule has 0 radical (unpaired) electrons. The topological polar surface area (TPSA) is 72.2 Å². The highest BCUT2D eigenvalue weighted by Gasteiger charge is 2.15. The molecule has 104 valence electrons. The largest absolute Gasteiger partial charge is 0.399 e. The van der Waals surface area contributed by atoms with Crippen molar-refractivity contribution < 1.29 is 8.42 Å². The second-order valence-electron chi connectivity index (χ2n) is 5.00. The van der Waals surface area contributed by atoms with Crippen molar-refractivity contribution in [3.05, 3.63) is 42.0 Å². The Morgan fingerprint density at radius 2 is 2.16 bits per heavy atom. The maximum absolute atomic E-state index is 12.0. The second-order valence-corrected chi connectivity index (χ2v) is 6.81. The van der Waals surface area contributed by atoms with Gasteiger partial charge >= 0.3 is 0 Å². The van der Waals surface area contributed by atoms with E-state index in [0.29, 0.717) is 18.2 Å². The summed E-state index contributed by atoms with van der Waals surface area (Å²) in [6, 6.07) is 6.99. The predicted octanol–water partition coefficient (Wildman–Crippen LogP) is 2.04. The predicted molar refractivity (Wildman–Crippen MR) is 78.0 cm³/mol. The first-order valence-corrected chi connectivity index (χ1v) is 8.17. The number of hydrogen-bond donors (Lipinski definition) is 2. The molecule has 0 bridgehead atoms. The Morgan fingerprint density at radius 3 is 2.84 bits per heavy atom. The third-order valence-corrected chi connectivity index (χ3v) is 4.60. The van der Waals surface area contributed by atoms with Gasteiger partial charge in [0, 0.05) is 12.2 Å². The molecule has 2 rings (SSSR count). The molecular formula is C14H20N2O2S. The van der Waals surface area contributed by atoms with Crippen LogP contribution in [0, 0.1) is 5.92 Å². The number of anilines is 1. The number of allylic oxidation sites excluding steroid dienone is 2. The molecule has 0 aromatic heterocycles. The van der Waals surface area contributed by atoms with Crippen LogP contribution in [0.25, 0.3) is 0 Å². The van der Waals surface area contributed by atoms with E-state index in [1.807, 2.05) is 0 Å². The molecule has 0 amide bonds. The molecule has 1 aliphatic rings. The fourth-order valence-electron chi connectivity index (χ4n) is 2.24. The Morgan fingerprint density at radius 1 is 1.32 bits per heavy atom. The van der Waals surface area contributed by atoms with Gasteiger partial charge in [0.25, 0.3) is 0 Å². The molecule has 1 atom stereocenters. The van der Waals surface area contributed by atoms with E-state index in [2.05, 4.69) is 16.9 Å². The van der Waals surface area contributed by atoms with E-state index < -0.39 is 10.0 Å². The van der Waals surface area contributed by atoms with Gasteiger partial charge in [0.1, 0.15) is 0 Å². The average molecular weight is 280 g/mol. The van der Waals surface area contributed by atoms with Crippen molar-refractivity contribution in [2.45, 2.75) is 25.0 Å². The van der Waals surface area contributed by atoms with Crippen molar-refractivity contribution in [1.29, 1.82) is 0 Å². The Balaban J connectivity index is 1.89. The molecule has 19 heavy (non-hydrogen) atoms. The molecule has 1 unspecified atom stereocenters. The Labute approximate surface area is 114 Å². The van der Waals surface area contributed by atoms with Gasteiger partial charge in [0.05, 0.1) is 5.75 Å². The molecule has 3 N–H and O–H groups in total. The van der Waals surface area contributed by atoms with E-state index in [-0.39, 0.29) is 5.75 Å². The van der Waals surface area contributed by atoms with Crippen LogP contribution in [0.1, 0.15) is 24.8 Å². The first kappa shape index (κ1) is 14.1. The van der Waals surface area contributed by atoms with Crippen LogP contribution in [-0.4, -0.2) is 15.0 Å². The molecule has 0 heterocycles. The van der Waals surface area contributed by atoms with Gasteiger partial charge in [-0.25, -0.2) is 13.1 Å². The molecule has 4 nitrogen and oxygen atoms in total. The van der Waals surface area contributed by atoms with Crippen LogP contribution >= 0.6 is 0 Å². The third-order valence-electron chi connectivity index (χ3n) is 3.28. The number of nitrogens with two attached hydrogens (primary N) is 1. The lowest BCUT2D eigenvalue weighted by atomic mass is 9.95. The van der Waals surface area contributed by atoms with Crippen molar-refractivity contribution in [3.63, 3.8) is 0 Å². The van der Waals surface area contributed by atoms with E-state index in [4.69, 9.17) is 5.73 Å². The maximum Gasteiger partial charge on any atom is 0.215 e. The lowest BCUT2D eigenvalue weighted by Gasteiger charge is -2.18. The number of sulfonamides is 1. The van der Waals surface area contributed by atoms with Gasteiger partial charge in [-0.05, 0) is 42.9 Å². The molecule has 0 saturated carbocycles. The standard InChI is InChI=1S/C14H20N2O2S/c15-14-8-4-7-13(9-14)11-19(17,18)16-10-12-5-2-1-3-6-12/h1-2,4,7-9,12,16H,3,5-6,10-11,15H2. The quantitative estimate of drug-likeness (QED) is 0.640. The highest BCUT2D eigenvalue weighted by atomic mass is 32.2. The molecule has 0 fully saturated rings. The Hall–Kier alpha value is -1.33. The van der Waals surface area contributed by atoms with Crippen LogP contribution in [0.2, 0.25) is 0 Å². The lowest BCUT2D eigenvalue weighted by Crippen LogP contribution is -2.30. The summed E-state index contributed by atoms with van der Waals surface area (Å²) in [5, 5.41) is 0. The van der Waals surface area contributed by atoms with E-state index in [9.17, 15) is 8.42 Å². The first-order chi connectivity index (χ1) is 9.05. The van der Waals surface area contributed by atoms with Crippen LogP contribution < -0.4 is 10.5 Å². The summed E-state index contributed by atoms with van der Waals surface area (Å²) in [5.74, 6) is 0.404. The van der Waals surface area contributed by atoms with Gasteiger partial charge in [-0.1, -0.05) is 24.3 Å². The zero-order valence-electron chi connectivity index (χ0n) is 10.9. The first-order valence-electron chi connectivity index (χ1n) is 6.52. The van der Waals surface area contributed by atoms with Gasteiger partial charge in [0.15, 0.2) is 0 Å². The Kier molecular flexibility index (Phi) is 4.61. The molecule has 1 aromatic rings. The van der Waals surface area contributed by atoms with Gasteiger partial charge in [0.2, 0.25) is 10.0 Å². The second kappa shape index (κ2) is 6.21. The minimum absolute atomic E-state index is 0.0133. The molecule has 0 spiro atoms. The van der Waals surface area contributed by atoms with Gasteiger partial charge in [-0.3, -0.25) is 0 Å². The van der Waals surface area contributed by atoms with E-state index in [0.717, 1.165) is 24.8 Å². The zero-order chi connectivity index (χ0) is 13.7. The van der Waals surface area contributed by atoms with Crippen molar-refractivity contribution in [1.82, 2.24) is 4.72 Å². The summed E-state index contributed by atoms with van der Waals surface area (Å²) < 4.78 is 26.7. The van der Waals surface area contributed by atoms with Gasteiger partial charge in [-0.2, -0.15) is 0 Å². The van der Waals surface area contributed by atoms with Crippen molar-refractivity contribution in [2.24, 2.45) is 5.92 Å². The van der Waals surface area contributed by atoms with E-state index >= 15 is 0 Å². The molecule has 0 saturated heterocycles.